The highest BCUT2D eigenvalue weighted by Gasteiger charge is 2.42. The Morgan fingerprint density at radius 3 is 2.47 bits per heavy atom. The predicted octanol–water partition coefficient (Wildman–Crippen LogP) is 3.74. The first kappa shape index (κ1) is 21.0. The van der Waals surface area contributed by atoms with Crippen LogP contribution >= 0.6 is 11.6 Å². The fourth-order valence-corrected chi connectivity index (χ4v) is 4.97. The van der Waals surface area contributed by atoms with Crippen LogP contribution in [0.1, 0.15) is 24.3 Å². The third kappa shape index (κ3) is 3.65. The Bertz CT molecular complexity index is 1150. The molecule has 30 heavy (non-hydrogen) atoms. The summed E-state index contributed by atoms with van der Waals surface area (Å²) in [5.41, 5.74) is 0.918. The first-order valence-electron chi connectivity index (χ1n) is 9.54. The number of rotatable bonds is 5. The molecule has 1 saturated heterocycles. The molecule has 2 heterocycles. The number of aromatic nitrogens is 2. The van der Waals surface area contributed by atoms with Crippen LogP contribution in [0.5, 0.6) is 0 Å². The summed E-state index contributed by atoms with van der Waals surface area (Å²) in [6.45, 7) is 1.11. The average Bonchev–Trinajstić information content (AvgIpc) is 3.25. The Hall–Kier alpha value is -2.26. The molecule has 158 valence electrons. The van der Waals surface area contributed by atoms with E-state index in [1.807, 2.05) is 24.3 Å². The summed E-state index contributed by atoms with van der Waals surface area (Å²) in [6, 6.07) is 14.1. The van der Waals surface area contributed by atoms with Crippen LogP contribution in [0.15, 0.2) is 57.8 Å². The Morgan fingerprint density at radius 1 is 1.03 bits per heavy atom. The molecule has 9 heteroatoms. The molecule has 0 amide bonds. The van der Waals surface area contributed by atoms with Gasteiger partial charge in [0.1, 0.15) is 0 Å². The molecule has 0 spiro atoms. The quantitative estimate of drug-likeness (QED) is 0.592. The minimum atomic E-state index is -3.57. The lowest BCUT2D eigenvalue weighted by molar-refractivity contribution is 0.0546. The van der Waals surface area contributed by atoms with Crippen LogP contribution in [-0.4, -0.2) is 50.2 Å². The van der Waals surface area contributed by atoms with Gasteiger partial charge in [0.05, 0.1) is 10.3 Å². The predicted molar refractivity (Wildman–Crippen MR) is 113 cm³/mol. The van der Waals surface area contributed by atoms with E-state index in [9.17, 15) is 8.42 Å². The van der Waals surface area contributed by atoms with Gasteiger partial charge in [-0.05, 0) is 42.7 Å². The molecule has 0 saturated carbocycles. The molecule has 1 aliphatic rings. The lowest BCUT2D eigenvalue weighted by atomic mass is 9.74. The van der Waals surface area contributed by atoms with Crippen molar-refractivity contribution in [3.63, 3.8) is 0 Å². The standard InChI is InChI=1S/C21H22ClN3O4S/c1-25(2)30(26,27)16-7-5-6-15(14-16)19-23-24-20(29-19)21(10-12-28-13-11-21)17-8-3-4-9-18(17)22/h3-9,14H,10-13H2,1-2H3. The molecule has 1 fully saturated rings. The lowest BCUT2D eigenvalue weighted by Crippen LogP contribution is -2.35. The number of hydrogen-bond acceptors (Lipinski definition) is 6. The van der Waals surface area contributed by atoms with Gasteiger partial charge in [-0.25, -0.2) is 12.7 Å². The van der Waals surface area contributed by atoms with Gasteiger partial charge < -0.3 is 9.15 Å². The molecular weight excluding hydrogens is 426 g/mol. The third-order valence-corrected chi connectivity index (χ3v) is 7.57. The Morgan fingerprint density at radius 2 is 1.77 bits per heavy atom. The van der Waals surface area contributed by atoms with Gasteiger partial charge in [-0.3, -0.25) is 0 Å². The van der Waals surface area contributed by atoms with E-state index in [4.69, 9.17) is 20.8 Å². The second-order valence-electron chi connectivity index (χ2n) is 7.40. The fraction of sp³-hybridized carbons (Fsp3) is 0.333. The average molecular weight is 448 g/mol. The molecule has 7 nitrogen and oxygen atoms in total. The Kier molecular flexibility index (Phi) is 5.67. The Labute approximate surface area is 180 Å². The van der Waals surface area contributed by atoms with E-state index in [0.717, 1.165) is 5.56 Å². The van der Waals surface area contributed by atoms with E-state index in [2.05, 4.69) is 10.2 Å². The number of halogens is 1. The van der Waals surface area contributed by atoms with E-state index < -0.39 is 15.4 Å². The molecule has 0 bridgehead atoms. The van der Waals surface area contributed by atoms with Gasteiger partial charge in [0.25, 0.3) is 0 Å². The molecule has 1 aliphatic heterocycles. The van der Waals surface area contributed by atoms with E-state index in [-0.39, 0.29) is 10.8 Å². The van der Waals surface area contributed by atoms with Crippen molar-refractivity contribution in [2.75, 3.05) is 27.3 Å². The molecule has 3 aromatic rings. The molecule has 0 aliphatic carbocycles. The van der Waals surface area contributed by atoms with Gasteiger partial charge >= 0.3 is 0 Å². The largest absolute Gasteiger partial charge is 0.420 e. The van der Waals surface area contributed by atoms with Gasteiger partial charge in [0.2, 0.25) is 21.8 Å². The maximum absolute atomic E-state index is 12.5. The van der Waals surface area contributed by atoms with Gasteiger partial charge in [-0.15, -0.1) is 10.2 Å². The normalized spacial score (nSPS) is 16.7. The second-order valence-corrected chi connectivity index (χ2v) is 9.96. The van der Waals surface area contributed by atoms with Crippen LogP contribution < -0.4 is 0 Å². The van der Waals surface area contributed by atoms with E-state index in [1.165, 1.54) is 18.4 Å². The molecule has 0 atom stereocenters. The molecule has 0 radical (unpaired) electrons. The number of ether oxygens (including phenoxy) is 1. The monoisotopic (exact) mass is 447 g/mol. The van der Waals surface area contributed by atoms with Crippen molar-refractivity contribution in [1.82, 2.24) is 14.5 Å². The van der Waals surface area contributed by atoms with Crippen LogP contribution in [0, 0.1) is 0 Å². The highest BCUT2D eigenvalue weighted by atomic mass is 35.5. The molecule has 4 rings (SSSR count). The lowest BCUT2D eigenvalue weighted by Gasteiger charge is -2.35. The van der Waals surface area contributed by atoms with Crippen molar-refractivity contribution in [1.29, 1.82) is 0 Å². The molecule has 1 aromatic heterocycles. The van der Waals surface area contributed by atoms with Crippen molar-refractivity contribution in [3.8, 4) is 11.5 Å². The Balaban J connectivity index is 1.77. The molecule has 0 N–H and O–H groups in total. The maximum Gasteiger partial charge on any atom is 0.247 e. The zero-order valence-corrected chi connectivity index (χ0v) is 18.3. The van der Waals surface area contributed by atoms with Crippen LogP contribution in [-0.2, 0) is 20.2 Å². The van der Waals surface area contributed by atoms with Crippen molar-refractivity contribution in [2.45, 2.75) is 23.2 Å². The summed E-state index contributed by atoms with van der Waals surface area (Å²) < 4.78 is 37.8. The zero-order chi connectivity index (χ0) is 21.4. The number of nitrogens with zero attached hydrogens (tertiary/aromatic N) is 3. The van der Waals surface area contributed by atoms with Crippen molar-refractivity contribution in [3.05, 3.63) is 65.0 Å². The van der Waals surface area contributed by atoms with Gasteiger partial charge in [0.15, 0.2) is 0 Å². The summed E-state index contributed by atoms with van der Waals surface area (Å²) >= 11 is 6.52. The summed E-state index contributed by atoms with van der Waals surface area (Å²) in [6.07, 6.45) is 1.32. The van der Waals surface area contributed by atoms with Gasteiger partial charge in [-0.1, -0.05) is 35.9 Å². The van der Waals surface area contributed by atoms with Crippen LogP contribution in [0.4, 0.5) is 0 Å². The van der Waals surface area contributed by atoms with Gasteiger partial charge in [-0.2, -0.15) is 0 Å². The van der Waals surface area contributed by atoms with Crippen LogP contribution in [0.2, 0.25) is 5.02 Å². The van der Waals surface area contributed by atoms with Crippen LogP contribution in [0.25, 0.3) is 11.5 Å². The van der Waals surface area contributed by atoms with Gasteiger partial charge in [0, 0.05) is 37.9 Å². The highest BCUT2D eigenvalue weighted by Crippen LogP contribution is 2.44. The van der Waals surface area contributed by atoms with Crippen molar-refractivity contribution < 1.29 is 17.6 Å². The molecule has 2 aromatic carbocycles. The SMILES string of the molecule is CN(C)S(=O)(=O)c1cccc(-c2nnc(C3(c4ccccc4Cl)CCOCC3)o2)c1. The summed E-state index contributed by atoms with van der Waals surface area (Å²) in [4.78, 5) is 0.164. The number of sulfonamides is 1. The van der Waals surface area contributed by atoms with E-state index in [1.54, 1.807) is 24.3 Å². The second kappa shape index (κ2) is 8.11. The number of benzene rings is 2. The maximum atomic E-state index is 12.5. The first-order chi connectivity index (χ1) is 14.3. The van der Waals surface area contributed by atoms with Crippen molar-refractivity contribution in [2.24, 2.45) is 0 Å². The topological polar surface area (TPSA) is 85.5 Å². The highest BCUT2D eigenvalue weighted by molar-refractivity contribution is 7.89. The van der Waals surface area contributed by atoms with E-state index in [0.29, 0.717) is 42.5 Å². The molecular formula is C21H22ClN3O4S. The van der Waals surface area contributed by atoms with Crippen molar-refractivity contribution >= 4 is 21.6 Å². The first-order valence-corrected chi connectivity index (χ1v) is 11.4. The summed E-state index contributed by atoms with van der Waals surface area (Å²) in [7, 11) is -0.589. The molecule has 0 unspecified atom stereocenters. The summed E-state index contributed by atoms with van der Waals surface area (Å²) in [5, 5.41) is 9.20. The van der Waals surface area contributed by atoms with Crippen LogP contribution in [0.3, 0.4) is 0 Å². The number of hydrogen-bond donors (Lipinski definition) is 0. The fourth-order valence-electron chi connectivity index (χ4n) is 3.70. The summed E-state index contributed by atoms with van der Waals surface area (Å²) in [5.74, 6) is 0.716. The minimum absolute atomic E-state index is 0.164. The smallest absolute Gasteiger partial charge is 0.247 e. The minimum Gasteiger partial charge on any atom is -0.420 e. The van der Waals surface area contributed by atoms with E-state index >= 15 is 0 Å². The third-order valence-electron chi connectivity index (χ3n) is 5.43. The zero-order valence-electron chi connectivity index (χ0n) is 16.7.